The van der Waals surface area contributed by atoms with Gasteiger partial charge in [0.05, 0.1) is 6.10 Å². The van der Waals surface area contributed by atoms with Gasteiger partial charge in [0, 0.05) is 31.6 Å². The summed E-state index contributed by atoms with van der Waals surface area (Å²) in [5.74, 6) is 1.16. The summed E-state index contributed by atoms with van der Waals surface area (Å²) in [6, 6.07) is 0. The Morgan fingerprint density at radius 2 is 2.20 bits per heavy atom. The Balaban J connectivity index is 2.03. The molecule has 0 amide bonds. The van der Waals surface area contributed by atoms with Crippen molar-refractivity contribution in [3.8, 4) is 0 Å². The zero-order chi connectivity index (χ0) is 10.9. The Labute approximate surface area is 97.1 Å². The van der Waals surface area contributed by atoms with Crippen molar-refractivity contribution >= 4 is 11.8 Å². The van der Waals surface area contributed by atoms with E-state index in [4.69, 9.17) is 15.2 Å². The molecule has 0 aromatic carbocycles. The van der Waals surface area contributed by atoms with Crippen LogP contribution in [-0.2, 0) is 9.47 Å². The van der Waals surface area contributed by atoms with Crippen molar-refractivity contribution in [2.75, 3.05) is 32.1 Å². The highest BCUT2D eigenvalue weighted by atomic mass is 32.2. The van der Waals surface area contributed by atoms with Crippen LogP contribution in [0.15, 0.2) is 0 Å². The standard InChI is InChI=1S/C11H23NO2S/c1-2-14-10(9-12)5-8-15-11-3-6-13-7-4-11/h10-11H,2-9,12H2,1H3. The molecule has 15 heavy (non-hydrogen) atoms. The summed E-state index contributed by atoms with van der Waals surface area (Å²) in [5, 5.41) is 0.791. The number of hydrogen-bond acceptors (Lipinski definition) is 4. The van der Waals surface area contributed by atoms with Gasteiger partial charge in [0.2, 0.25) is 0 Å². The van der Waals surface area contributed by atoms with E-state index in [1.165, 1.54) is 12.8 Å². The van der Waals surface area contributed by atoms with E-state index >= 15 is 0 Å². The summed E-state index contributed by atoms with van der Waals surface area (Å²) >= 11 is 2.05. The minimum atomic E-state index is 0.252. The van der Waals surface area contributed by atoms with Gasteiger partial charge in [0.15, 0.2) is 0 Å². The maximum Gasteiger partial charge on any atom is 0.0705 e. The van der Waals surface area contributed by atoms with Gasteiger partial charge in [-0.3, -0.25) is 0 Å². The number of thioether (sulfide) groups is 1. The van der Waals surface area contributed by atoms with Crippen LogP contribution in [0.2, 0.25) is 0 Å². The molecule has 90 valence electrons. The highest BCUT2D eigenvalue weighted by Gasteiger charge is 2.14. The molecule has 1 rings (SSSR count). The Bertz CT molecular complexity index is 147. The van der Waals surface area contributed by atoms with Crippen molar-refractivity contribution in [3.05, 3.63) is 0 Å². The quantitative estimate of drug-likeness (QED) is 0.726. The molecule has 1 heterocycles. The largest absolute Gasteiger partial charge is 0.381 e. The van der Waals surface area contributed by atoms with Gasteiger partial charge in [-0.1, -0.05) is 0 Å². The highest BCUT2D eigenvalue weighted by molar-refractivity contribution is 7.99. The summed E-state index contributed by atoms with van der Waals surface area (Å²) in [7, 11) is 0. The van der Waals surface area contributed by atoms with Crippen LogP contribution in [0.25, 0.3) is 0 Å². The summed E-state index contributed by atoms with van der Waals surface area (Å²) in [6.07, 6.45) is 3.73. The molecular formula is C11H23NO2S. The van der Waals surface area contributed by atoms with Crippen LogP contribution in [0, 0.1) is 0 Å². The van der Waals surface area contributed by atoms with E-state index in [0.717, 1.165) is 37.2 Å². The topological polar surface area (TPSA) is 44.5 Å². The van der Waals surface area contributed by atoms with E-state index in [1.54, 1.807) is 0 Å². The lowest BCUT2D eigenvalue weighted by atomic mass is 10.2. The van der Waals surface area contributed by atoms with E-state index in [0.29, 0.717) is 6.54 Å². The van der Waals surface area contributed by atoms with Gasteiger partial charge >= 0.3 is 0 Å². The van der Waals surface area contributed by atoms with Crippen molar-refractivity contribution in [2.24, 2.45) is 5.73 Å². The van der Waals surface area contributed by atoms with Crippen LogP contribution >= 0.6 is 11.8 Å². The molecule has 1 aliphatic heterocycles. The summed E-state index contributed by atoms with van der Waals surface area (Å²) in [6.45, 7) is 5.30. The van der Waals surface area contributed by atoms with E-state index in [9.17, 15) is 0 Å². The average Bonchev–Trinajstić information content (AvgIpc) is 2.29. The van der Waals surface area contributed by atoms with Crippen LogP contribution in [0.4, 0.5) is 0 Å². The van der Waals surface area contributed by atoms with Crippen molar-refractivity contribution in [1.82, 2.24) is 0 Å². The molecule has 1 unspecified atom stereocenters. The lowest BCUT2D eigenvalue weighted by Crippen LogP contribution is -2.25. The lowest BCUT2D eigenvalue weighted by Gasteiger charge is -2.22. The van der Waals surface area contributed by atoms with Crippen molar-refractivity contribution < 1.29 is 9.47 Å². The molecule has 0 bridgehead atoms. The predicted molar refractivity (Wildman–Crippen MR) is 65.4 cm³/mol. The number of nitrogens with two attached hydrogens (primary N) is 1. The normalized spacial score (nSPS) is 20.4. The van der Waals surface area contributed by atoms with Crippen LogP contribution in [-0.4, -0.2) is 43.5 Å². The summed E-state index contributed by atoms with van der Waals surface area (Å²) in [5.41, 5.74) is 5.62. The van der Waals surface area contributed by atoms with Crippen LogP contribution in [0.3, 0.4) is 0 Å². The van der Waals surface area contributed by atoms with Gasteiger partial charge in [-0.2, -0.15) is 11.8 Å². The fourth-order valence-corrected chi connectivity index (χ4v) is 2.97. The zero-order valence-electron chi connectivity index (χ0n) is 9.61. The van der Waals surface area contributed by atoms with Crippen LogP contribution in [0.5, 0.6) is 0 Å². The molecule has 0 radical (unpaired) electrons. The van der Waals surface area contributed by atoms with Gasteiger partial charge < -0.3 is 15.2 Å². The fraction of sp³-hybridized carbons (Fsp3) is 1.00. The molecule has 1 atom stereocenters. The van der Waals surface area contributed by atoms with Gasteiger partial charge in [-0.15, -0.1) is 0 Å². The molecule has 3 nitrogen and oxygen atoms in total. The van der Waals surface area contributed by atoms with E-state index in [-0.39, 0.29) is 6.10 Å². The Kier molecular flexibility index (Phi) is 7.44. The predicted octanol–water partition coefficient (Wildman–Crippen LogP) is 1.65. The maximum absolute atomic E-state index is 5.62. The smallest absolute Gasteiger partial charge is 0.0705 e. The summed E-state index contributed by atoms with van der Waals surface area (Å²) in [4.78, 5) is 0. The van der Waals surface area contributed by atoms with Gasteiger partial charge in [0.25, 0.3) is 0 Å². The minimum Gasteiger partial charge on any atom is -0.381 e. The number of ether oxygens (including phenoxy) is 2. The average molecular weight is 233 g/mol. The molecule has 0 aliphatic carbocycles. The third-order valence-electron chi connectivity index (χ3n) is 2.63. The zero-order valence-corrected chi connectivity index (χ0v) is 10.4. The molecule has 1 saturated heterocycles. The first-order valence-corrected chi connectivity index (χ1v) is 6.92. The first-order valence-electron chi connectivity index (χ1n) is 5.87. The van der Waals surface area contributed by atoms with E-state index in [1.807, 2.05) is 6.92 Å². The molecular weight excluding hydrogens is 210 g/mol. The second-order valence-corrected chi connectivity index (χ2v) is 5.19. The maximum atomic E-state index is 5.62. The first-order chi connectivity index (χ1) is 7.36. The SMILES string of the molecule is CCOC(CN)CCSC1CCOCC1. The second kappa shape index (κ2) is 8.39. The fourth-order valence-electron chi connectivity index (χ4n) is 1.71. The third kappa shape index (κ3) is 5.76. The highest BCUT2D eigenvalue weighted by Crippen LogP contribution is 2.23. The third-order valence-corrected chi connectivity index (χ3v) is 4.04. The second-order valence-electron chi connectivity index (χ2n) is 3.78. The van der Waals surface area contributed by atoms with Crippen LogP contribution in [0.1, 0.15) is 26.2 Å². The minimum absolute atomic E-state index is 0.252. The molecule has 0 aromatic rings. The number of hydrogen-bond donors (Lipinski definition) is 1. The number of rotatable bonds is 7. The van der Waals surface area contributed by atoms with Gasteiger partial charge in [0.1, 0.15) is 0 Å². The Hall–Kier alpha value is 0.230. The molecule has 1 fully saturated rings. The van der Waals surface area contributed by atoms with Crippen LogP contribution < -0.4 is 5.73 Å². The van der Waals surface area contributed by atoms with Gasteiger partial charge in [-0.25, -0.2) is 0 Å². The Morgan fingerprint density at radius 3 is 2.80 bits per heavy atom. The molecule has 0 aromatic heterocycles. The monoisotopic (exact) mass is 233 g/mol. The molecule has 0 saturated carbocycles. The van der Waals surface area contributed by atoms with E-state index in [2.05, 4.69) is 11.8 Å². The van der Waals surface area contributed by atoms with Crippen molar-refractivity contribution in [1.29, 1.82) is 0 Å². The molecule has 0 spiro atoms. The molecule has 2 N–H and O–H groups in total. The van der Waals surface area contributed by atoms with E-state index < -0.39 is 0 Å². The van der Waals surface area contributed by atoms with Crippen molar-refractivity contribution in [2.45, 2.75) is 37.5 Å². The molecule has 1 aliphatic rings. The molecule has 4 heteroatoms. The van der Waals surface area contributed by atoms with Crippen molar-refractivity contribution in [3.63, 3.8) is 0 Å². The summed E-state index contributed by atoms with van der Waals surface area (Å²) < 4.78 is 10.8. The van der Waals surface area contributed by atoms with Gasteiger partial charge in [-0.05, 0) is 31.9 Å². The first kappa shape index (κ1) is 13.3. The Morgan fingerprint density at radius 1 is 1.47 bits per heavy atom. The lowest BCUT2D eigenvalue weighted by molar-refractivity contribution is 0.0673.